The van der Waals surface area contributed by atoms with E-state index < -0.39 is 0 Å². The number of hydrogen-bond acceptors (Lipinski definition) is 2. The molecule has 2 unspecified atom stereocenters. The fourth-order valence-corrected chi connectivity index (χ4v) is 2.06. The molecule has 2 rings (SSSR count). The minimum Gasteiger partial charge on any atom is -0.378 e. The molecule has 2 aliphatic heterocycles. The van der Waals surface area contributed by atoms with E-state index in [2.05, 4.69) is 19.2 Å². The molecule has 2 aliphatic rings. The van der Waals surface area contributed by atoms with Gasteiger partial charge in [-0.25, -0.2) is 0 Å². The van der Waals surface area contributed by atoms with Crippen LogP contribution in [0.25, 0.3) is 0 Å². The van der Waals surface area contributed by atoms with E-state index in [9.17, 15) is 0 Å². The number of nitrogens with one attached hydrogen (secondary N) is 1. The Labute approximate surface area is 61.9 Å². The standard InChI is InChI=1S/C8H15NO/c1-8(2)3-6-4-10-5-7(8)9-6/h6-7,9H,3-5H2,1-2H3. The molecule has 2 nitrogen and oxygen atoms in total. The van der Waals surface area contributed by atoms with E-state index in [0.717, 1.165) is 13.2 Å². The van der Waals surface area contributed by atoms with Gasteiger partial charge in [-0.3, -0.25) is 0 Å². The van der Waals surface area contributed by atoms with Gasteiger partial charge in [0.1, 0.15) is 0 Å². The summed E-state index contributed by atoms with van der Waals surface area (Å²) in [5.74, 6) is 0. The minimum atomic E-state index is 0.459. The second-order valence-corrected chi connectivity index (χ2v) is 4.15. The average molecular weight is 141 g/mol. The van der Waals surface area contributed by atoms with E-state index >= 15 is 0 Å². The van der Waals surface area contributed by atoms with Crippen LogP contribution >= 0.6 is 0 Å². The van der Waals surface area contributed by atoms with Crippen LogP contribution in [0.3, 0.4) is 0 Å². The number of rotatable bonds is 0. The van der Waals surface area contributed by atoms with Crippen LogP contribution in [-0.4, -0.2) is 25.3 Å². The molecule has 2 saturated heterocycles. The number of hydrogen-bond donors (Lipinski definition) is 1. The fourth-order valence-electron chi connectivity index (χ4n) is 2.06. The van der Waals surface area contributed by atoms with Crippen molar-refractivity contribution in [3.05, 3.63) is 0 Å². The van der Waals surface area contributed by atoms with Gasteiger partial charge in [0, 0.05) is 12.1 Å². The first-order valence-corrected chi connectivity index (χ1v) is 4.02. The van der Waals surface area contributed by atoms with Gasteiger partial charge in [-0.15, -0.1) is 0 Å². The smallest absolute Gasteiger partial charge is 0.0625 e. The molecular weight excluding hydrogens is 126 g/mol. The molecule has 0 aliphatic carbocycles. The Kier molecular flexibility index (Phi) is 1.29. The SMILES string of the molecule is CC1(C)CC2COCC1N2. The van der Waals surface area contributed by atoms with Crippen molar-refractivity contribution in [2.45, 2.75) is 32.4 Å². The second kappa shape index (κ2) is 1.95. The lowest BCUT2D eigenvalue weighted by Crippen LogP contribution is -2.44. The maximum atomic E-state index is 5.43. The Bertz CT molecular complexity index is 144. The number of fused-ring (bicyclic) bond motifs is 2. The lowest BCUT2D eigenvalue weighted by Gasteiger charge is -2.27. The van der Waals surface area contributed by atoms with Crippen LogP contribution in [0.4, 0.5) is 0 Å². The van der Waals surface area contributed by atoms with Crippen LogP contribution in [0.15, 0.2) is 0 Å². The molecule has 58 valence electrons. The van der Waals surface area contributed by atoms with Crippen LogP contribution < -0.4 is 5.32 Å². The maximum absolute atomic E-state index is 5.43. The van der Waals surface area contributed by atoms with Gasteiger partial charge in [-0.1, -0.05) is 13.8 Å². The van der Waals surface area contributed by atoms with E-state index in [1.165, 1.54) is 6.42 Å². The Hall–Kier alpha value is -0.0800. The van der Waals surface area contributed by atoms with Crippen molar-refractivity contribution in [1.82, 2.24) is 5.32 Å². The molecular formula is C8H15NO. The van der Waals surface area contributed by atoms with E-state index in [4.69, 9.17) is 4.74 Å². The van der Waals surface area contributed by atoms with Gasteiger partial charge in [-0.05, 0) is 11.8 Å². The highest BCUT2D eigenvalue weighted by atomic mass is 16.5. The molecule has 1 N–H and O–H groups in total. The van der Waals surface area contributed by atoms with Gasteiger partial charge in [-0.2, -0.15) is 0 Å². The largest absolute Gasteiger partial charge is 0.378 e. The number of ether oxygens (including phenoxy) is 1. The summed E-state index contributed by atoms with van der Waals surface area (Å²) in [6, 6.07) is 1.24. The van der Waals surface area contributed by atoms with Crippen molar-refractivity contribution in [2.75, 3.05) is 13.2 Å². The predicted molar refractivity (Wildman–Crippen MR) is 39.9 cm³/mol. The first kappa shape index (κ1) is 6.62. The molecule has 0 aromatic heterocycles. The van der Waals surface area contributed by atoms with E-state index in [-0.39, 0.29) is 0 Å². The summed E-state index contributed by atoms with van der Waals surface area (Å²) in [6.07, 6.45) is 1.28. The van der Waals surface area contributed by atoms with Crippen molar-refractivity contribution >= 4 is 0 Å². The van der Waals surface area contributed by atoms with E-state index in [1.807, 2.05) is 0 Å². The highest BCUT2D eigenvalue weighted by Crippen LogP contribution is 2.35. The quantitative estimate of drug-likeness (QED) is 0.538. The highest BCUT2D eigenvalue weighted by Gasteiger charge is 2.42. The summed E-state index contributed by atoms with van der Waals surface area (Å²) in [5.41, 5.74) is 0.459. The average Bonchev–Trinajstić information content (AvgIpc) is 2.04. The van der Waals surface area contributed by atoms with Crippen molar-refractivity contribution in [2.24, 2.45) is 5.41 Å². The summed E-state index contributed by atoms with van der Waals surface area (Å²) >= 11 is 0. The van der Waals surface area contributed by atoms with Crippen LogP contribution in [-0.2, 0) is 4.74 Å². The molecule has 0 amide bonds. The van der Waals surface area contributed by atoms with Gasteiger partial charge in [0.05, 0.1) is 13.2 Å². The van der Waals surface area contributed by atoms with E-state index in [1.54, 1.807) is 0 Å². The summed E-state index contributed by atoms with van der Waals surface area (Å²) in [5, 5.41) is 3.56. The van der Waals surface area contributed by atoms with Crippen molar-refractivity contribution in [3.63, 3.8) is 0 Å². The molecule has 0 saturated carbocycles. The number of morpholine rings is 1. The van der Waals surface area contributed by atoms with Gasteiger partial charge in [0.15, 0.2) is 0 Å². The Morgan fingerprint density at radius 1 is 1.40 bits per heavy atom. The maximum Gasteiger partial charge on any atom is 0.0625 e. The Balaban J connectivity index is 2.15. The zero-order chi connectivity index (χ0) is 7.19. The van der Waals surface area contributed by atoms with Crippen molar-refractivity contribution in [1.29, 1.82) is 0 Å². The summed E-state index contributed by atoms with van der Waals surface area (Å²) in [6.45, 7) is 6.46. The van der Waals surface area contributed by atoms with Gasteiger partial charge < -0.3 is 10.1 Å². The second-order valence-electron chi connectivity index (χ2n) is 4.15. The third-order valence-corrected chi connectivity index (χ3v) is 2.76. The van der Waals surface area contributed by atoms with Gasteiger partial charge in [0.2, 0.25) is 0 Å². The molecule has 0 spiro atoms. The molecule has 0 aromatic carbocycles. The van der Waals surface area contributed by atoms with Crippen LogP contribution in [0.2, 0.25) is 0 Å². The van der Waals surface area contributed by atoms with Gasteiger partial charge in [0.25, 0.3) is 0 Å². The lowest BCUT2D eigenvalue weighted by atomic mass is 9.85. The van der Waals surface area contributed by atoms with Crippen molar-refractivity contribution in [3.8, 4) is 0 Å². The minimum absolute atomic E-state index is 0.459. The third kappa shape index (κ3) is 0.867. The molecule has 2 bridgehead atoms. The lowest BCUT2D eigenvalue weighted by molar-refractivity contribution is 0.0607. The zero-order valence-corrected chi connectivity index (χ0v) is 6.68. The van der Waals surface area contributed by atoms with Gasteiger partial charge >= 0.3 is 0 Å². The first-order valence-electron chi connectivity index (χ1n) is 4.02. The topological polar surface area (TPSA) is 21.3 Å². The molecule has 2 heteroatoms. The predicted octanol–water partition coefficient (Wildman–Crippen LogP) is 0.773. The van der Waals surface area contributed by atoms with Crippen LogP contribution in [0.1, 0.15) is 20.3 Å². The molecule has 10 heavy (non-hydrogen) atoms. The normalized spacial score (nSPS) is 43.8. The molecule has 0 aromatic rings. The fraction of sp³-hybridized carbons (Fsp3) is 1.00. The Morgan fingerprint density at radius 3 is 2.80 bits per heavy atom. The molecule has 2 heterocycles. The van der Waals surface area contributed by atoms with Crippen LogP contribution in [0.5, 0.6) is 0 Å². The molecule has 0 radical (unpaired) electrons. The summed E-state index contributed by atoms with van der Waals surface area (Å²) in [7, 11) is 0. The molecule has 2 atom stereocenters. The first-order chi connectivity index (χ1) is 4.68. The van der Waals surface area contributed by atoms with Crippen LogP contribution in [0, 0.1) is 5.41 Å². The summed E-state index contributed by atoms with van der Waals surface area (Å²) in [4.78, 5) is 0. The highest BCUT2D eigenvalue weighted by molar-refractivity contribution is 4.98. The summed E-state index contributed by atoms with van der Waals surface area (Å²) < 4.78 is 5.43. The Morgan fingerprint density at radius 2 is 2.20 bits per heavy atom. The van der Waals surface area contributed by atoms with E-state index in [0.29, 0.717) is 17.5 Å². The molecule has 2 fully saturated rings. The monoisotopic (exact) mass is 141 g/mol. The third-order valence-electron chi connectivity index (χ3n) is 2.76. The van der Waals surface area contributed by atoms with Crippen molar-refractivity contribution < 1.29 is 4.74 Å². The zero-order valence-electron chi connectivity index (χ0n) is 6.68.